The summed E-state index contributed by atoms with van der Waals surface area (Å²) < 4.78 is 21.8. The summed E-state index contributed by atoms with van der Waals surface area (Å²) in [5, 5.41) is 3.56. The fourth-order valence-electron chi connectivity index (χ4n) is 7.61. The molecule has 2 aliphatic carbocycles. The van der Waals surface area contributed by atoms with E-state index in [0.717, 1.165) is 55.2 Å². The van der Waals surface area contributed by atoms with Crippen LogP contribution in [0.1, 0.15) is 88.3 Å². The van der Waals surface area contributed by atoms with Crippen LogP contribution in [0.5, 0.6) is 0 Å². The minimum atomic E-state index is -1.67. The molecule has 280 valence electrons. The molecule has 6 atom stereocenters. The molecule has 0 spiro atoms. The van der Waals surface area contributed by atoms with Gasteiger partial charge in [0.1, 0.15) is 28.7 Å². The highest BCUT2D eigenvalue weighted by Gasteiger charge is 2.62. The minimum absolute atomic E-state index is 0.00640. The highest BCUT2D eigenvalue weighted by atomic mass is 35.5. The number of hydrogen-bond donors (Lipinski definition) is 3. The lowest BCUT2D eigenvalue weighted by Crippen LogP contribution is -2.57. The van der Waals surface area contributed by atoms with Gasteiger partial charge in [-0.1, -0.05) is 92.9 Å². The molecule has 13 heteroatoms. The topological polar surface area (TPSA) is 151 Å². The third kappa shape index (κ3) is 8.09. The summed E-state index contributed by atoms with van der Waals surface area (Å²) in [6.45, 7) is 4.66. The van der Waals surface area contributed by atoms with E-state index in [2.05, 4.69) is 10.0 Å². The highest BCUT2D eigenvalue weighted by molar-refractivity contribution is 7.85. The third-order valence-corrected chi connectivity index (χ3v) is 13.0. The van der Waals surface area contributed by atoms with E-state index in [9.17, 15) is 23.4 Å². The molecule has 52 heavy (non-hydrogen) atoms. The Balaban J connectivity index is 0.00000228. The first-order valence-electron chi connectivity index (χ1n) is 18.6. The van der Waals surface area contributed by atoms with Crippen LogP contribution in [-0.2, 0) is 49.6 Å². The van der Waals surface area contributed by atoms with Crippen molar-refractivity contribution in [1.82, 2.24) is 19.8 Å². The minimum Gasteiger partial charge on any atom is -0.444 e. The second kappa shape index (κ2) is 16.1. The SMILES string of the molecule is CC.NC1CCCCC/C=C\C2CC2(C(=O)NS(=O)C2(Cc3ccccc3)CC2)NC(=O)C2CC(OC(=O)N3Cc4cccc(Cl)c4C3)CN2C1=O. The van der Waals surface area contributed by atoms with Crippen LogP contribution in [0.15, 0.2) is 60.7 Å². The van der Waals surface area contributed by atoms with Gasteiger partial charge in [-0.15, -0.1) is 0 Å². The fourth-order valence-corrected chi connectivity index (χ4v) is 9.20. The number of hydrogen-bond acceptors (Lipinski definition) is 7. The number of nitrogens with two attached hydrogens (primary N) is 1. The molecular formula is C39H50ClN5O6S. The van der Waals surface area contributed by atoms with Crippen LogP contribution in [0, 0.1) is 5.92 Å². The number of carbonyl (C=O) groups is 4. The Hall–Kier alpha value is -3.74. The Morgan fingerprint density at radius 3 is 2.56 bits per heavy atom. The largest absolute Gasteiger partial charge is 0.444 e. The van der Waals surface area contributed by atoms with Crippen LogP contribution in [0.25, 0.3) is 0 Å². The van der Waals surface area contributed by atoms with Gasteiger partial charge in [0.2, 0.25) is 11.8 Å². The summed E-state index contributed by atoms with van der Waals surface area (Å²) in [6, 6.07) is 13.5. The number of benzene rings is 2. The van der Waals surface area contributed by atoms with Crippen molar-refractivity contribution in [1.29, 1.82) is 0 Å². The lowest BCUT2D eigenvalue weighted by molar-refractivity contribution is -0.140. The molecule has 3 aliphatic heterocycles. The van der Waals surface area contributed by atoms with Crippen molar-refractivity contribution < 1.29 is 28.1 Å². The number of rotatable bonds is 6. The Morgan fingerprint density at radius 1 is 1.06 bits per heavy atom. The molecular weight excluding hydrogens is 702 g/mol. The number of nitrogens with zero attached hydrogens (tertiary/aromatic N) is 2. The smallest absolute Gasteiger partial charge is 0.410 e. The van der Waals surface area contributed by atoms with Crippen molar-refractivity contribution in [2.24, 2.45) is 11.7 Å². The quantitative estimate of drug-likeness (QED) is 0.349. The van der Waals surface area contributed by atoms with Gasteiger partial charge in [-0.25, -0.2) is 9.00 Å². The molecule has 11 nitrogen and oxygen atoms in total. The zero-order valence-corrected chi connectivity index (χ0v) is 31.6. The second-order valence-corrected chi connectivity index (χ2v) is 16.5. The molecule has 3 heterocycles. The van der Waals surface area contributed by atoms with E-state index in [-0.39, 0.29) is 24.8 Å². The Kier molecular flexibility index (Phi) is 11.8. The molecule has 2 saturated carbocycles. The van der Waals surface area contributed by atoms with Crippen LogP contribution in [0.2, 0.25) is 5.02 Å². The highest BCUT2D eigenvalue weighted by Crippen LogP contribution is 2.48. The molecule has 5 aliphatic rings. The molecule has 4 amide bonds. The van der Waals surface area contributed by atoms with Crippen molar-refractivity contribution in [2.45, 2.75) is 120 Å². The van der Waals surface area contributed by atoms with E-state index in [1.165, 1.54) is 4.90 Å². The van der Waals surface area contributed by atoms with E-state index in [1.807, 2.05) is 68.5 Å². The van der Waals surface area contributed by atoms with Crippen molar-refractivity contribution >= 4 is 46.4 Å². The molecule has 1 saturated heterocycles. The van der Waals surface area contributed by atoms with Gasteiger partial charge in [0.25, 0.3) is 5.91 Å². The van der Waals surface area contributed by atoms with Crippen molar-refractivity contribution in [2.75, 3.05) is 6.54 Å². The summed E-state index contributed by atoms with van der Waals surface area (Å²) >= 11 is 6.35. The van der Waals surface area contributed by atoms with E-state index < -0.39 is 57.4 Å². The first-order valence-corrected chi connectivity index (χ1v) is 20.1. The Bertz CT molecular complexity index is 1720. The van der Waals surface area contributed by atoms with E-state index in [0.29, 0.717) is 37.4 Å². The molecule has 0 bridgehead atoms. The van der Waals surface area contributed by atoms with E-state index >= 15 is 0 Å². The standard InChI is InChI=1S/C37H44ClN5O6S.C2H6/c38-29-14-9-12-25-21-42(23-28(25)29)35(47)49-27-18-31-32(44)40-37(34(46)41-50(48)36(16-17-36)19-24-10-5-4-6-11-24)20-26(37)13-7-2-1-3-8-15-30(39)33(45)43(31)22-27;1-2/h4-7,9-14,26-27,30-31H,1-3,8,15-23,39H2,(H,40,44)(H,41,46);1-2H3/b13-7-;. The maximum Gasteiger partial charge on any atom is 0.410 e. The van der Waals surface area contributed by atoms with Crippen LogP contribution >= 0.6 is 11.6 Å². The summed E-state index contributed by atoms with van der Waals surface area (Å²) in [5.41, 5.74) is 7.93. The van der Waals surface area contributed by atoms with E-state index in [1.54, 1.807) is 11.0 Å². The zero-order valence-electron chi connectivity index (χ0n) is 30.0. The normalized spacial score (nSPS) is 29.0. The van der Waals surface area contributed by atoms with Crippen LogP contribution in [0.3, 0.4) is 0 Å². The number of nitrogens with one attached hydrogen (secondary N) is 2. The monoisotopic (exact) mass is 751 g/mol. The zero-order chi connectivity index (χ0) is 37.0. The predicted molar refractivity (Wildman–Crippen MR) is 200 cm³/mol. The molecule has 0 aromatic heterocycles. The van der Waals surface area contributed by atoms with Gasteiger partial charge >= 0.3 is 6.09 Å². The maximum absolute atomic E-state index is 14.2. The molecule has 2 aromatic carbocycles. The number of fused-ring (bicyclic) bond motifs is 3. The molecule has 6 unspecified atom stereocenters. The van der Waals surface area contributed by atoms with Crippen molar-refractivity contribution in [3.63, 3.8) is 0 Å². The Morgan fingerprint density at radius 2 is 1.83 bits per heavy atom. The predicted octanol–water partition coefficient (Wildman–Crippen LogP) is 5.07. The lowest BCUT2D eigenvalue weighted by Gasteiger charge is -2.28. The summed E-state index contributed by atoms with van der Waals surface area (Å²) in [4.78, 5) is 58.1. The maximum atomic E-state index is 14.2. The van der Waals surface area contributed by atoms with Gasteiger partial charge in [-0.05, 0) is 67.7 Å². The average molecular weight is 752 g/mol. The average Bonchev–Trinajstić information content (AvgIpc) is 3.96. The molecule has 0 radical (unpaired) electrons. The third-order valence-electron chi connectivity index (χ3n) is 10.9. The fraction of sp³-hybridized carbons (Fsp3) is 0.538. The van der Waals surface area contributed by atoms with Gasteiger partial charge in [0, 0.05) is 23.9 Å². The van der Waals surface area contributed by atoms with Gasteiger partial charge in [-0.2, -0.15) is 0 Å². The van der Waals surface area contributed by atoms with Gasteiger partial charge in [0.15, 0.2) is 0 Å². The summed E-state index contributed by atoms with van der Waals surface area (Å²) in [7, 11) is -1.67. The van der Waals surface area contributed by atoms with E-state index in [4.69, 9.17) is 22.1 Å². The van der Waals surface area contributed by atoms with Gasteiger partial charge in [-0.3, -0.25) is 24.0 Å². The van der Waals surface area contributed by atoms with Crippen molar-refractivity contribution in [3.8, 4) is 0 Å². The Labute approximate surface area is 313 Å². The number of carbonyl (C=O) groups excluding carboxylic acids is 4. The second-order valence-electron chi connectivity index (χ2n) is 14.5. The number of allylic oxidation sites excluding steroid dienone is 1. The number of amides is 4. The number of halogens is 1. The molecule has 4 N–H and O–H groups in total. The van der Waals surface area contributed by atoms with Crippen molar-refractivity contribution in [3.05, 3.63) is 82.4 Å². The molecule has 7 rings (SSSR count). The number of ether oxygens (including phenoxy) is 1. The van der Waals surface area contributed by atoms with Gasteiger partial charge in [0.05, 0.1) is 23.9 Å². The molecule has 2 aromatic rings. The van der Waals surface area contributed by atoms with Crippen LogP contribution in [-0.4, -0.2) is 72.8 Å². The summed E-state index contributed by atoms with van der Waals surface area (Å²) in [5.74, 6) is -1.70. The first-order chi connectivity index (χ1) is 25.1. The van der Waals surface area contributed by atoms with Gasteiger partial charge < -0.3 is 20.7 Å². The lowest BCUT2D eigenvalue weighted by atomic mass is 10.1. The first kappa shape index (κ1) is 38.0. The van der Waals surface area contributed by atoms with Crippen LogP contribution in [0.4, 0.5) is 4.79 Å². The van der Waals surface area contributed by atoms with Crippen LogP contribution < -0.4 is 15.8 Å². The summed E-state index contributed by atoms with van der Waals surface area (Å²) in [6.07, 6.45) is 8.94. The molecule has 3 fully saturated rings.